The van der Waals surface area contributed by atoms with Gasteiger partial charge in [-0.2, -0.15) is 0 Å². The van der Waals surface area contributed by atoms with Crippen LogP contribution in [0.2, 0.25) is 5.02 Å². The number of hydrogen-bond acceptors (Lipinski definition) is 4. The number of anilines is 1. The second kappa shape index (κ2) is 6.44. The maximum absolute atomic E-state index is 12.4. The summed E-state index contributed by atoms with van der Waals surface area (Å²) in [6.07, 6.45) is 0. The molecule has 1 aromatic heterocycles. The predicted molar refractivity (Wildman–Crippen MR) is 87.0 cm³/mol. The second-order valence-corrected chi connectivity index (χ2v) is 7.91. The van der Waals surface area contributed by atoms with Gasteiger partial charge in [0.05, 0.1) is 5.69 Å². The summed E-state index contributed by atoms with van der Waals surface area (Å²) in [7, 11) is -1.83. The molecule has 0 saturated carbocycles. The lowest BCUT2D eigenvalue weighted by molar-refractivity contribution is 0.600. The zero-order valence-electron chi connectivity index (χ0n) is 10.5. The fourth-order valence-corrected chi connectivity index (χ4v) is 5.08. The van der Waals surface area contributed by atoms with Crippen LogP contribution in [-0.2, 0) is 16.6 Å². The van der Waals surface area contributed by atoms with Crippen molar-refractivity contribution >= 4 is 54.6 Å². The van der Waals surface area contributed by atoms with Crippen molar-refractivity contribution < 1.29 is 8.42 Å². The van der Waals surface area contributed by atoms with Crippen LogP contribution in [0, 0.1) is 0 Å². The van der Waals surface area contributed by atoms with Crippen molar-refractivity contribution in [2.45, 2.75) is 11.4 Å². The van der Waals surface area contributed by atoms with E-state index in [0.29, 0.717) is 26.6 Å². The highest BCUT2D eigenvalue weighted by molar-refractivity contribution is 9.10. The standard InChI is InChI=1S/C12H12BrClN2O2S2/c1-15-7-11-12(4-5-19-11)20(17,18)16-10-3-2-8(14)6-9(10)13/h2-6,15-16H,7H2,1H3. The van der Waals surface area contributed by atoms with E-state index in [2.05, 4.69) is 26.0 Å². The molecule has 108 valence electrons. The minimum absolute atomic E-state index is 0.290. The van der Waals surface area contributed by atoms with Crippen LogP contribution in [-0.4, -0.2) is 15.5 Å². The molecule has 0 amide bonds. The Balaban J connectivity index is 2.33. The molecule has 0 atom stereocenters. The normalized spacial score (nSPS) is 11.6. The fourth-order valence-electron chi connectivity index (χ4n) is 1.63. The first kappa shape index (κ1) is 15.8. The van der Waals surface area contributed by atoms with Crippen molar-refractivity contribution in [3.05, 3.63) is 44.0 Å². The Morgan fingerprint density at radius 3 is 2.75 bits per heavy atom. The van der Waals surface area contributed by atoms with E-state index >= 15 is 0 Å². The highest BCUT2D eigenvalue weighted by atomic mass is 79.9. The summed E-state index contributed by atoms with van der Waals surface area (Å²) in [5.74, 6) is 0. The molecule has 0 unspecified atom stereocenters. The fraction of sp³-hybridized carbons (Fsp3) is 0.167. The third-order valence-electron chi connectivity index (χ3n) is 2.51. The van der Waals surface area contributed by atoms with Crippen LogP contribution in [0.4, 0.5) is 5.69 Å². The van der Waals surface area contributed by atoms with E-state index in [9.17, 15) is 8.42 Å². The van der Waals surface area contributed by atoms with Crippen molar-refractivity contribution in [3.63, 3.8) is 0 Å². The largest absolute Gasteiger partial charge is 0.315 e. The highest BCUT2D eigenvalue weighted by Crippen LogP contribution is 2.29. The number of thiophene rings is 1. The van der Waals surface area contributed by atoms with E-state index in [1.165, 1.54) is 11.3 Å². The average molecular weight is 396 g/mol. The van der Waals surface area contributed by atoms with Crippen molar-refractivity contribution in [2.75, 3.05) is 11.8 Å². The predicted octanol–water partition coefficient (Wildman–Crippen LogP) is 3.68. The van der Waals surface area contributed by atoms with Gasteiger partial charge >= 0.3 is 0 Å². The minimum atomic E-state index is -3.61. The monoisotopic (exact) mass is 394 g/mol. The molecule has 2 N–H and O–H groups in total. The Labute approximate surface area is 135 Å². The highest BCUT2D eigenvalue weighted by Gasteiger charge is 2.20. The van der Waals surface area contributed by atoms with Crippen LogP contribution in [0.1, 0.15) is 4.88 Å². The van der Waals surface area contributed by atoms with Crippen LogP contribution in [0.5, 0.6) is 0 Å². The molecule has 2 aromatic rings. The lowest BCUT2D eigenvalue weighted by Crippen LogP contribution is -2.15. The maximum atomic E-state index is 12.4. The van der Waals surface area contributed by atoms with Crippen LogP contribution in [0.25, 0.3) is 0 Å². The van der Waals surface area contributed by atoms with Gasteiger partial charge in [-0.1, -0.05) is 11.6 Å². The summed E-state index contributed by atoms with van der Waals surface area (Å²) in [6, 6.07) is 6.49. The molecule has 20 heavy (non-hydrogen) atoms. The Morgan fingerprint density at radius 2 is 2.10 bits per heavy atom. The SMILES string of the molecule is CNCc1sccc1S(=O)(=O)Nc1ccc(Cl)cc1Br. The van der Waals surface area contributed by atoms with Gasteiger partial charge in [-0.05, 0) is 52.6 Å². The van der Waals surface area contributed by atoms with Gasteiger partial charge < -0.3 is 5.32 Å². The van der Waals surface area contributed by atoms with Crippen molar-refractivity contribution in [3.8, 4) is 0 Å². The topological polar surface area (TPSA) is 58.2 Å². The molecule has 2 rings (SSSR count). The summed E-state index contributed by atoms with van der Waals surface area (Å²) >= 11 is 10.5. The Hall–Kier alpha value is -0.600. The number of hydrogen-bond donors (Lipinski definition) is 2. The first-order valence-corrected chi connectivity index (χ1v) is 9.16. The van der Waals surface area contributed by atoms with E-state index in [4.69, 9.17) is 11.6 Å². The number of rotatable bonds is 5. The average Bonchev–Trinajstić information content (AvgIpc) is 2.82. The second-order valence-electron chi connectivity index (χ2n) is 3.97. The van der Waals surface area contributed by atoms with Crippen molar-refractivity contribution in [2.24, 2.45) is 0 Å². The van der Waals surface area contributed by atoms with E-state index in [1.807, 2.05) is 0 Å². The smallest absolute Gasteiger partial charge is 0.263 e. The van der Waals surface area contributed by atoms with Gasteiger partial charge in [0.1, 0.15) is 4.90 Å². The molecule has 0 aliphatic rings. The Morgan fingerprint density at radius 1 is 1.35 bits per heavy atom. The number of nitrogens with one attached hydrogen (secondary N) is 2. The van der Waals surface area contributed by atoms with Gasteiger partial charge in [-0.15, -0.1) is 11.3 Å². The van der Waals surface area contributed by atoms with E-state index < -0.39 is 10.0 Å². The summed E-state index contributed by atoms with van der Waals surface area (Å²) in [5.41, 5.74) is 0.455. The Kier molecular flexibility index (Phi) is 5.09. The lowest BCUT2D eigenvalue weighted by Gasteiger charge is -2.10. The molecule has 1 aromatic carbocycles. The van der Waals surface area contributed by atoms with Crippen molar-refractivity contribution in [1.82, 2.24) is 5.32 Å². The van der Waals surface area contributed by atoms with E-state index in [0.717, 1.165) is 4.88 Å². The molecule has 0 fully saturated rings. The number of sulfonamides is 1. The zero-order valence-corrected chi connectivity index (χ0v) is 14.5. The molecular formula is C12H12BrClN2O2S2. The quantitative estimate of drug-likeness (QED) is 0.812. The third-order valence-corrected chi connectivity index (χ3v) is 5.90. The van der Waals surface area contributed by atoms with Gasteiger partial charge in [0.15, 0.2) is 0 Å². The minimum Gasteiger partial charge on any atom is -0.315 e. The van der Waals surface area contributed by atoms with Crippen LogP contribution in [0.3, 0.4) is 0 Å². The van der Waals surface area contributed by atoms with Crippen LogP contribution >= 0.6 is 38.9 Å². The van der Waals surface area contributed by atoms with Gasteiger partial charge in [0.2, 0.25) is 0 Å². The van der Waals surface area contributed by atoms with Gasteiger partial charge in [-0.3, -0.25) is 4.72 Å². The van der Waals surface area contributed by atoms with Crippen molar-refractivity contribution in [1.29, 1.82) is 0 Å². The molecule has 0 aliphatic heterocycles. The maximum Gasteiger partial charge on any atom is 0.263 e. The molecule has 0 radical (unpaired) electrons. The molecule has 8 heteroatoms. The van der Waals surface area contributed by atoms with Gasteiger partial charge in [0, 0.05) is 20.9 Å². The third kappa shape index (κ3) is 3.53. The lowest BCUT2D eigenvalue weighted by atomic mass is 10.3. The summed E-state index contributed by atoms with van der Waals surface area (Å²) < 4.78 is 28.0. The molecule has 4 nitrogen and oxygen atoms in total. The van der Waals surface area contributed by atoms with E-state index in [-0.39, 0.29) is 0 Å². The summed E-state index contributed by atoms with van der Waals surface area (Å²) in [4.78, 5) is 1.06. The van der Waals surface area contributed by atoms with E-state index in [1.54, 1.807) is 36.7 Å². The number of halogens is 2. The summed E-state index contributed by atoms with van der Waals surface area (Å²) in [5, 5.41) is 5.25. The molecule has 1 heterocycles. The molecule has 0 aliphatic carbocycles. The summed E-state index contributed by atoms with van der Waals surface area (Å²) in [6.45, 7) is 0.510. The Bertz CT molecular complexity index is 716. The molecule has 0 spiro atoms. The first-order chi connectivity index (χ1) is 9.44. The molecule has 0 saturated heterocycles. The van der Waals surface area contributed by atoms with Crippen LogP contribution < -0.4 is 10.0 Å². The number of benzene rings is 1. The molecular weight excluding hydrogens is 384 g/mol. The zero-order chi connectivity index (χ0) is 14.8. The molecule has 0 bridgehead atoms. The van der Waals surface area contributed by atoms with Gasteiger partial charge in [0.25, 0.3) is 10.0 Å². The first-order valence-electron chi connectivity index (χ1n) is 5.63. The van der Waals surface area contributed by atoms with Crippen LogP contribution in [0.15, 0.2) is 39.0 Å². The van der Waals surface area contributed by atoms with Gasteiger partial charge in [-0.25, -0.2) is 8.42 Å².